The molecule has 0 radical (unpaired) electrons. The Morgan fingerprint density at radius 1 is 1.38 bits per heavy atom. The van der Waals surface area contributed by atoms with Crippen LogP contribution in [0, 0.1) is 6.92 Å². The van der Waals surface area contributed by atoms with E-state index in [1.165, 1.54) is 0 Å². The van der Waals surface area contributed by atoms with E-state index in [1.54, 1.807) is 17.5 Å². The lowest BCUT2D eigenvalue weighted by Crippen LogP contribution is -2.21. The lowest BCUT2D eigenvalue weighted by atomic mass is 10.1. The second-order valence-corrected chi connectivity index (χ2v) is 6.50. The van der Waals surface area contributed by atoms with Crippen molar-refractivity contribution >= 4 is 22.9 Å². The summed E-state index contributed by atoms with van der Waals surface area (Å²) in [6, 6.07) is 2.08. The number of aromatic nitrogens is 1. The summed E-state index contributed by atoms with van der Waals surface area (Å²) < 4.78 is 5.73. The van der Waals surface area contributed by atoms with Gasteiger partial charge in [0.25, 0.3) is 0 Å². The van der Waals surface area contributed by atoms with Crippen molar-refractivity contribution in [2.24, 2.45) is 0 Å². The van der Waals surface area contributed by atoms with Crippen LogP contribution >= 0.6 is 22.9 Å². The molecule has 21 heavy (non-hydrogen) atoms. The van der Waals surface area contributed by atoms with E-state index in [-0.39, 0.29) is 12.1 Å². The van der Waals surface area contributed by atoms with Crippen LogP contribution in [0.15, 0.2) is 23.8 Å². The van der Waals surface area contributed by atoms with Crippen LogP contribution in [0.4, 0.5) is 0 Å². The Kier molecular flexibility index (Phi) is 5.62. The Bertz CT molecular complexity index is 598. The van der Waals surface area contributed by atoms with E-state index >= 15 is 0 Å². The molecular formula is C16H21ClN2OS. The molecule has 2 rings (SSSR count). The minimum atomic E-state index is 0.0458. The number of thiophene rings is 1. The molecule has 0 aromatic carbocycles. The van der Waals surface area contributed by atoms with Crippen molar-refractivity contribution in [3.8, 4) is 5.75 Å². The molecule has 0 aliphatic heterocycles. The van der Waals surface area contributed by atoms with Crippen LogP contribution in [0.25, 0.3) is 0 Å². The van der Waals surface area contributed by atoms with Crippen molar-refractivity contribution in [1.82, 2.24) is 10.3 Å². The van der Waals surface area contributed by atoms with Gasteiger partial charge in [-0.05, 0) is 49.9 Å². The molecule has 3 nitrogen and oxygen atoms in total. The maximum atomic E-state index is 6.43. The number of hydrogen-bond acceptors (Lipinski definition) is 4. The molecule has 0 saturated carbocycles. The minimum absolute atomic E-state index is 0.0458. The van der Waals surface area contributed by atoms with Gasteiger partial charge in [-0.3, -0.25) is 4.98 Å². The molecule has 5 heteroatoms. The Balaban J connectivity index is 2.36. The van der Waals surface area contributed by atoms with E-state index < -0.39 is 0 Å². The maximum Gasteiger partial charge on any atom is 0.138 e. The number of halogens is 1. The van der Waals surface area contributed by atoms with Gasteiger partial charge in [-0.15, -0.1) is 11.3 Å². The highest BCUT2D eigenvalue weighted by Crippen LogP contribution is 2.36. The van der Waals surface area contributed by atoms with Gasteiger partial charge in [-0.25, -0.2) is 0 Å². The van der Waals surface area contributed by atoms with Gasteiger partial charge in [0, 0.05) is 11.1 Å². The molecule has 2 heterocycles. The molecule has 0 saturated heterocycles. The third kappa shape index (κ3) is 3.96. The molecule has 0 amide bonds. The van der Waals surface area contributed by atoms with E-state index in [1.807, 2.05) is 33.0 Å². The summed E-state index contributed by atoms with van der Waals surface area (Å²) in [6.07, 6.45) is 3.74. The van der Waals surface area contributed by atoms with Gasteiger partial charge < -0.3 is 10.1 Å². The van der Waals surface area contributed by atoms with Crippen LogP contribution in [-0.2, 0) is 0 Å². The maximum absolute atomic E-state index is 6.43. The Morgan fingerprint density at radius 3 is 2.71 bits per heavy atom. The smallest absolute Gasteiger partial charge is 0.138 e. The summed E-state index contributed by atoms with van der Waals surface area (Å²) in [4.78, 5) is 5.42. The number of pyridine rings is 1. The van der Waals surface area contributed by atoms with Gasteiger partial charge in [-0.2, -0.15) is 0 Å². The molecule has 0 aliphatic rings. The number of aryl methyl sites for hydroxylation is 1. The van der Waals surface area contributed by atoms with Crippen molar-refractivity contribution in [3.05, 3.63) is 44.9 Å². The van der Waals surface area contributed by atoms with Crippen LogP contribution in [0.5, 0.6) is 5.75 Å². The second-order valence-electron chi connectivity index (χ2n) is 5.21. The van der Waals surface area contributed by atoms with Gasteiger partial charge in [-0.1, -0.05) is 18.5 Å². The van der Waals surface area contributed by atoms with Crippen LogP contribution < -0.4 is 10.1 Å². The first-order valence-electron chi connectivity index (χ1n) is 7.11. The van der Waals surface area contributed by atoms with E-state index in [9.17, 15) is 0 Å². The second kappa shape index (κ2) is 7.25. The molecule has 2 aromatic rings. The number of ether oxygens (including phenoxy) is 1. The summed E-state index contributed by atoms with van der Waals surface area (Å²) in [6.45, 7) is 8.99. The Hall–Kier alpha value is -1.10. The molecule has 0 aliphatic carbocycles. The summed E-state index contributed by atoms with van der Waals surface area (Å²) in [5.41, 5.74) is 2.18. The number of rotatable bonds is 6. The highest BCUT2D eigenvalue weighted by molar-refractivity contribution is 7.10. The standard InChI is InChI=1S/C16H21ClN2OS/c1-5-19-15(16-14(17)11(4)9-21-16)12-6-13(8-18-7-12)20-10(2)3/h6-10,15,19H,5H2,1-4H3. The zero-order valence-corrected chi connectivity index (χ0v) is 14.4. The Labute approximate surface area is 135 Å². The topological polar surface area (TPSA) is 34.2 Å². The lowest BCUT2D eigenvalue weighted by Gasteiger charge is -2.19. The first-order valence-corrected chi connectivity index (χ1v) is 8.37. The average Bonchev–Trinajstić information content (AvgIpc) is 2.76. The van der Waals surface area contributed by atoms with Crippen molar-refractivity contribution < 1.29 is 4.74 Å². The quantitative estimate of drug-likeness (QED) is 0.843. The van der Waals surface area contributed by atoms with Gasteiger partial charge in [0.05, 0.1) is 23.4 Å². The molecule has 1 atom stereocenters. The molecule has 0 bridgehead atoms. The summed E-state index contributed by atoms with van der Waals surface area (Å²) in [5.74, 6) is 0.787. The molecular weight excluding hydrogens is 304 g/mol. The zero-order valence-electron chi connectivity index (χ0n) is 12.8. The predicted octanol–water partition coefficient (Wildman–Crippen LogP) is 4.59. The fourth-order valence-electron chi connectivity index (χ4n) is 2.14. The first-order chi connectivity index (χ1) is 10.0. The van der Waals surface area contributed by atoms with Gasteiger partial charge in [0.15, 0.2) is 0 Å². The molecule has 0 spiro atoms. The van der Waals surface area contributed by atoms with Gasteiger partial charge in [0.1, 0.15) is 5.75 Å². The van der Waals surface area contributed by atoms with Crippen molar-refractivity contribution in [3.63, 3.8) is 0 Å². The lowest BCUT2D eigenvalue weighted by molar-refractivity contribution is 0.241. The van der Waals surface area contributed by atoms with E-state index in [2.05, 4.69) is 22.6 Å². The third-order valence-electron chi connectivity index (χ3n) is 3.04. The van der Waals surface area contributed by atoms with Crippen molar-refractivity contribution in [2.45, 2.75) is 39.8 Å². The number of nitrogens with one attached hydrogen (secondary N) is 1. The van der Waals surface area contributed by atoms with Crippen molar-refractivity contribution in [2.75, 3.05) is 6.54 Å². The van der Waals surface area contributed by atoms with Gasteiger partial charge in [0.2, 0.25) is 0 Å². The molecule has 2 aromatic heterocycles. The van der Waals surface area contributed by atoms with Crippen molar-refractivity contribution in [1.29, 1.82) is 0 Å². The summed E-state index contributed by atoms with van der Waals surface area (Å²) >= 11 is 8.11. The van der Waals surface area contributed by atoms with E-state index in [4.69, 9.17) is 16.3 Å². The Morgan fingerprint density at radius 2 is 2.14 bits per heavy atom. The highest BCUT2D eigenvalue weighted by Gasteiger charge is 2.20. The van der Waals surface area contributed by atoms with E-state index in [0.717, 1.165) is 33.3 Å². The number of hydrogen-bond donors (Lipinski definition) is 1. The fourth-order valence-corrected chi connectivity index (χ4v) is 3.54. The largest absolute Gasteiger partial charge is 0.489 e. The van der Waals surface area contributed by atoms with Crippen LogP contribution in [0.3, 0.4) is 0 Å². The third-order valence-corrected chi connectivity index (χ3v) is 4.81. The highest BCUT2D eigenvalue weighted by atomic mass is 35.5. The van der Waals surface area contributed by atoms with Crippen LogP contribution in [0.2, 0.25) is 5.02 Å². The monoisotopic (exact) mass is 324 g/mol. The average molecular weight is 325 g/mol. The summed E-state index contributed by atoms with van der Waals surface area (Å²) in [7, 11) is 0. The fraction of sp³-hybridized carbons (Fsp3) is 0.438. The van der Waals surface area contributed by atoms with Crippen LogP contribution in [-0.4, -0.2) is 17.6 Å². The van der Waals surface area contributed by atoms with E-state index in [0.29, 0.717) is 0 Å². The van der Waals surface area contributed by atoms with Crippen LogP contribution in [0.1, 0.15) is 42.8 Å². The molecule has 1 N–H and O–H groups in total. The molecule has 1 unspecified atom stereocenters. The minimum Gasteiger partial charge on any atom is -0.489 e. The van der Waals surface area contributed by atoms with Gasteiger partial charge >= 0.3 is 0 Å². The first kappa shape index (κ1) is 16.3. The number of nitrogens with zero attached hydrogens (tertiary/aromatic N) is 1. The SMILES string of the molecule is CCNC(c1cncc(OC(C)C)c1)c1scc(C)c1Cl. The normalized spacial score (nSPS) is 12.7. The molecule has 0 fully saturated rings. The predicted molar refractivity (Wildman–Crippen MR) is 89.6 cm³/mol. The zero-order chi connectivity index (χ0) is 15.4. The summed E-state index contributed by atoms with van der Waals surface area (Å²) in [5, 5.41) is 6.40. The molecule has 114 valence electrons.